The molecule has 1 heterocycles. The van der Waals surface area contributed by atoms with Crippen LogP contribution >= 0.6 is 0 Å². The van der Waals surface area contributed by atoms with Gasteiger partial charge in [0.15, 0.2) is 0 Å². The lowest BCUT2D eigenvalue weighted by Crippen LogP contribution is -2.30. The van der Waals surface area contributed by atoms with E-state index >= 15 is 0 Å². The number of carboxylic acids is 1. The van der Waals surface area contributed by atoms with Crippen LogP contribution in [0.2, 0.25) is 0 Å². The van der Waals surface area contributed by atoms with Crippen LogP contribution in [-0.4, -0.2) is 26.8 Å². The van der Waals surface area contributed by atoms with Crippen molar-refractivity contribution in [3.8, 4) is 0 Å². The molecule has 0 saturated carbocycles. The van der Waals surface area contributed by atoms with Crippen LogP contribution in [0.4, 0.5) is 0 Å². The average molecular weight is 287 g/mol. The number of nitrogens with one attached hydrogen (secondary N) is 1. The van der Waals surface area contributed by atoms with E-state index in [-0.39, 0.29) is 18.7 Å². The first-order valence-electron chi connectivity index (χ1n) is 6.68. The molecule has 6 nitrogen and oxygen atoms in total. The second kappa shape index (κ2) is 7.23. The Kier molecular flexibility index (Phi) is 5.09. The van der Waals surface area contributed by atoms with Crippen molar-refractivity contribution in [2.24, 2.45) is 0 Å². The molecule has 2 rings (SSSR count). The molecule has 110 valence electrons. The summed E-state index contributed by atoms with van der Waals surface area (Å²) in [5.74, 6) is -1.14. The molecule has 0 spiro atoms. The van der Waals surface area contributed by atoms with E-state index in [1.165, 1.54) is 0 Å². The molecule has 1 atom stereocenters. The Bertz CT molecular complexity index is 581. The molecule has 21 heavy (non-hydrogen) atoms. The summed E-state index contributed by atoms with van der Waals surface area (Å²) in [5.41, 5.74) is 0.785. The first kappa shape index (κ1) is 14.8. The fraction of sp³-hybridized carbons (Fsp3) is 0.267. The van der Waals surface area contributed by atoms with Gasteiger partial charge in [0.25, 0.3) is 0 Å². The van der Waals surface area contributed by atoms with Gasteiger partial charge in [0.1, 0.15) is 0 Å². The SMILES string of the molecule is O=C(O)CC(NC(=O)CCn1cccn1)c1ccccc1. The number of carboxylic acid groups (broad SMARTS) is 1. The normalized spacial score (nSPS) is 11.8. The van der Waals surface area contributed by atoms with E-state index in [9.17, 15) is 9.59 Å². The molecule has 2 aromatic rings. The summed E-state index contributed by atoms with van der Waals surface area (Å²) in [4.78, 5) is 22.9. The third-order valence-electron chi connectivity index (χ3n) is 3.04. The highest BCUT2D eigenvalue weighted by Crippen LogP contribution is 2.16. The zero-order valence-corrected chi connectivity index (χ0v) is 11.5. The van der Waals surface area contributed by atoms with Crippen molar-refractivity contribution in [1.82, 2.24) is 15.1 Å². The third kappa shape index (κ3) is 4.76. The number of nitrogens with zero attached hydrogens (tertiary/aromatic N) is 2. The van der Waals surface area contributed by atoms with Gasteiger partial charge in [0, 0.05) is 25.4 Å². The molecule has 0 bridgehead atoms. The summed E-state index contributed by atoms with van der Waals surface area (Å²) < 4.78 is 1.66. The third-order valence-corrected chi connectivity index (χ3v) is 3.04. The minimum Gasteiger partial charge on any atom is -0.481 e. The predicted octanol–water partition coefficient (Wildman–Crippen LogP) is 1.61. The first-order chi connectivity index (χ1) is 10.1. The van der Waals surface area contributed by atoms with Crippen molar-refractivity contribution in [2.45, 2.75) is 25.4 Å². The number of hydrogen-bond acceptors (Lipinski definition) is 3. The van der Waals surface area contributed by atoms with Crippen LogP contribution in [0.5, 0.6) is 0 Å². The molecule has 1 unspecified atom stereocenters. The molecule has 6 heteroatoms. The van der Waals surface area contributed by atoms with E-state index < -0.39 is 12.0 Å². The van der Waals surface area contributed by atoms with E-state index in [1.54, 1.807) is 35.3 Å². The summed E-state index contributed by atoms with van der Waals surface area (Å²) >= 11 is 0. The molecule has 1 aromatic heterocycles. The molecule has 0 aliphatic carbocycles. The molecule has 0 aliphatic heterocycles. The summed E-state index contributed by atoms with van der Waals surface area (Å²) in [7, 11) is 0. The minimum atomic E-state index is -0.948. The van der Waals surface area contributed by atoms with Gasteiger partial charge in [0.2, 0.25) is 5.91 Å². The van der Waals surface area contributed by atoms with Crippen molar-refractivity contribution in [3.63, 3.8) is 0 Å². The first-order valence-corrected chi connectivity index (χ1v) is 6.68. The molecular weight excluding hydrogens is 270 g/mol. The Labute approximate surface area is 122 Å². The number of aromatic nitrogens is 2. The Morgan fingerprint density at radius 2 is 2.00 bits per heavy atom. The maximum Gasteiger partial charge on any atom is 0.305 e. The number of amides is 1. The van der Waals surface area contributed by atoms with E-state index in [4.69, 9.17) is 5.11 Å². The maximum atomic E-state index is 12.0. The summed E-state index contributed by atoms with van der Waals surface area (Å²) in [6.07, 6.45) is 3.54. The van der Waals surface area contributed by atoms with Crippen LogP contribution in [0.25, 0.3) is 0 Å². The van der Waals surface area contributed by atoms with Crippen molar-refractivity contribution >= 4 is 11.9 Å². The van der Waals surface area contributed by atoms with Gasteiger partial charge in [-0.05, 0) is 11.6 Å². The van der Waals surface area contributed by atoms with Crippen molar-refractivity contribution in [1.29, 1.82) is 0 Å². The number of hydrogen-bond donors (Lipinski definition) is 2. The number of benzene rings is 1. The van der Waals surface area contributed by atoms with Crippen LogP contribution in [0.15, 0.2) is 48.8 Å². The fourth-order valence-electron chi connectivity index (χ4n) is 2.03. The second-order valence-electron chi connectivity index (χ2n) is 4.65. The highest BCUT2D eigenvalue weighted by molar-refractivity contribution is 5.77. The number of aryl methyl sites for hydroxylation is 1. The Balaban J connectivity index is 1.94. The van der Waals surface area contributed by atoms with Crippen molar-refractivity contribution in [2.75, 3.05) is 0 Å². The number of carbonyl (C=O) groups is 2. The van der Waals surface area contributed by atoms with Crippen LogP contribution in [0, 0.1) is 0 Å². The number of aliphatic carboxylic acids is 1. The fourth-order valence-corrected chi connectivity index (χ4v) is 2.03. The van der Waals surface area contributed by atoms with Gasteiger partial charge in [-0.25, -0.2) is 0 Å². The molecule has 0 fully saturated rings. The molecule has 0 radical (unpaired) electrons. The van der Waals surface area contributed by atoms with E-state index in [1.807, 2.05) is 18.2 Å². The Morgan fingerprint density at radius 3 is 2.62 bits per heavy atom. The van der Waals surface area contributed by atoms with Gasteiger partial charge >= 0.3 is 5.97 Å². The second-order valence-corrected chi connectivity index (χ2v) is 4.65. The van der Waals surface area contributed by atoms with Gasteiger partial charge in [-0.1, -0.05) is 30.3 Å². The quantitative estimate of drug-likeness (QED) is 0.810. The van der Waals surface area contributed by atoms with E-state index in [0.29, 0.717) is 6.54 Å². The van der Waals surface area contributed by atoms with Crippen LogP contribution in [0.1, 0.15) is 24.4 Å². The number of carbonyl (C=O) groups excluding carboxylic acids is 1. The Morgan fingerprint density at radius 1 is 1.24 bits per heavy atom. The lowest BCUT2D eigenvalue weighted by Gasteiger charge is -2.17. The van der Waals surface area contributed by atoms with Crippen LogP contribution in [0.3, 0.4) is 0 Å². The van der Waals surface area contributed by atoms with Gasteiger partial charge < -0.3 is 10.4 Å². The minimum absolute atomic E-state index is 0.141. The molecule has 0 aliphatic rings. The highest BCUT2D eigenvalue weighted by Gasteiger charge is 2.17. The Hall–Kier alpha value is -2.63. The standard InChI is InChI=1S/C15H17N3O3/c19-14(7-10-18-9-4-8-16-18)17-13(11-15(20)21)12-5-2-1-3-6-12/h1-6,8-9,13H,7,10-11H2,(H,17,19)(H,20,21). The summed E-state index contributed by atoms with van der Waals surface area (Å²) in [6, 6.07) is 10.4. The zero-order valence-electron chi connectivity index (χ0n) is 11.5. The van der Waals surface area contributed by atoms with Gasteiger partial charge in [-0.15, -0.1) is 0 Å². The topological polar surface area (TPSA) is 84.2 Å². The monoisotopic (exact) mass is 287 g/mol. The van der Waals surface area contributed by atoms with Crippen molar-refractivity contribution in [3.05, 3.63) is 54.4 Å². The zero-order chi connectivity index (χ0) is 15.1. The van der Waals surface area contributed by atoms with Crippen LogP contribution in [-0.2, 0) is 16.1 Å². The smallest absolute Gasteiger partial charge is 0.305 e. The maximum absolute atomic E-state index is 12.0. The lowest BCUT2D eigenvalue weighted by atomic mass is 10.0. The summed E-state index contributed by atoms with van der Waals surface area (Å²) in [5, 5.41) is 15.8. The van der Waals surface area contributed by atoms with Gasteiger partial charge in [-0.2, -0.15) is 5.10 Å². The average Bonchev–Trinajstić information content (AvgIpc) is 2.98. The molecule has 1 aromatic carbocycles. The van der Waals surface area contributed by atoms with E-state index in [0.717, 1.165) is 5.56 Å². The largest absolute Gasteiger partial charge is 0.481 e. The predicted molar refractivity (Wildman–Crippen MR) is 76.4 cm³/mol. The molecule has 2 N–H and O–H groups in total. The summed E-state index contributed by atoms with van der Waals surface area (Å²) in [6.45, 7) is 0.466. The van der Waals surface area contributed by atoms with E-state index in [2.05, 4.69) is 10.4 Å². The molecular formula is C15H17N3O3. The lowest BCUT2D eigenvalue weighted by molar-refractivity contribution is -0.137. The van der Waals surface area contributed by atoms with Crippen molar-refractivity contribution < 1.29 is 14.7 Å². The molecule has 0 saturated heterocycles. The van der Waals surface area contributed by atoms with Gasteiger partial charge in [-0.3, -0.25) is 14.3 Å². The number of rotatable bonds is 7. The molecule has 1 amide bonds. The van der Waals surface area contributed by atoms with Gasteiger partial charge in [0.05, 0.1) is 12.5 Å². The highest BCUT2D eigenvalue weighted by atomic mass is 16.4. The van der Waals surface area contributed by atoms with Crippen LogP contribution < -0.4 is 5.32 Å².